The van der Waals surface area contributed by atoms with Crippen molar-refractivity contribution in [3.8, 4) is 0 Å². The molecule has 4 heteroatoms. The van der Waals surface area contributed by atoms with Gasteiger partial charge in [0, 0.05) is 11.6 Å². The van der Waals surface area contributed by atoms with E-state index in [1.807, 2.05) is 0 Å². The molecule has 0 fully saturated rings. The fourth-order valence-electron chi connectivity index (χ4n) is 0.671. The summed E-state index contributed by atoms with van der Waals surface area (Å²) in [5.41, 5.74) is 0.0353. The van der Waals surface area contributed by atoms with Crippen molar-refractivity contribution in [2.24, 2.45) is 5.16 Å². The van der Waals surface area contributed by atoms with Crippen LogP contribution in [0.1, 0.15) is 5.56 Å². The summed E-state index contributed by atoms with van der Waals surface area (Å²) in [5, 5.41) is 3.30. The highest BCUT2D eigenvalue weighted by molar-refractivity contribution is 5.79. The molecule has 0 amide bonds. The summed E-state index contributed by atoms with van der Waals surface area (Å²) in [7, 11) is 1.32. The van der Waals surface area contributed by atoms with Crippen LogP contribution in [-0.4, -0.2) is 13.3 Å². The molecule has 0 aliphatic heterocycles. The molecule has 0 aromatic heterocycles. The number of rotatable bonds is 2. The molecule has 1 aromatic rings. The minimum Gasteiger partial charge on any atom is -0.399 e. The van der Waals surface area contributed by atoms with Gasteiger partial charge in [0.1, 0.15) is 18.7 Å². The minimum absolute atomic E-state index is 0.0353. The van der Waals surface area contributed by atoms with Crippen LogP contribution in [0.25, 0.3) is 0 Å². The van der Waals surface area contributed by atoms with Crippen molar-refractivity contribution in [1.29, 1.82) is 0 Å². The molecule has 12 heavy (non-hydrogen) atoms. The second kappa shape index (κ2) is 3.80. The van der Waals surface area contributed by atoms with Gasteiger partial charge in [0.05, 0.1) is 6.21 Å². The van der Waals surface area contributed by atoms with Crippen LogP contribution in [-0.2, 0) is 4.84 Å². The lowest BCUT2D eigenvalue weighted by Gasteiger charge is -1.94. The Morgan fingerprint density at radius 1 is 1.58 bits per heavy atom. The van der Waals surface area contributed by atoms with E-state index in [-0.39, 0.29) is 5.56 Å². The molecule has 0 saturated carbocycles. The highest BCUT2D eigenvalue weighted by atomic mass is 19.1. The third-order valence-electron chi connectivity index (χ3n) is 1.19. The van der Waals surface area contributed by atoms with Gasteiger partial charge in [0.2, 0.25) is 0 Å². The SMILES string of the molecule is CON=Cc1cc(F)[c]cc1F. The largest absolute Gasteiger partial charge is 0.399 e. The topological polar surface area (TPSA) is 21.6 Å². The summed E-state index contributed by atoms with van der Waals surface area (Å²) < 4.78 is 25.2. The van der Waals surface area contributed by atoms with Crippen LogP contribution in [0.3, 0.4) is 0 Å². The van der Waals surface area contributed by atoms with Gasteiger partial charge in [-0.15, -0.1) is 0 Å². The second-order valence-electron chi connectivity index (χ2n) is 2.00. The molecule has 0 spiro atoms. The van der Waals surface area contributed by atoms with E-state index >= 15 is 0 Å². The zero-order valence-electron chi connectivity index (χ0n) is 6.34. The lowest BCUT2D eigenvalue weighted by atomic mass is 10.2. The van der Waals surface area contributed by atoms with Gasteiger partial charge in [-0.1, -0.05) is 5.16 Å². The smallest absolute Gasteiger partial charge is 0.132 e. The highest BCUT2D eigenvalue weighted by Crippen LogP contribution is 2.06. The van der Waals surface area contributed by atoms with Crippen LogP contribution < -0.4 is 0 Å². The van der Waals surface area contributed by atoms with Crippen molar-refractivity contribution in [1.82, 2.24) is 0 Å². The van der Waals surface area contributed by atoms with E-state index in [1.54, 1.807) is 0 Å². The molecule has 0 aliphatic carbocycles. The Kier molecular flexibility index (Phi) is 2.74. The number of hydrogen-bond donors (Lipinski definition) is 0. The number of nitrogens with zero attached hydrogens (tertiary/aromatic N) is 1. The predicted molar refractivity (Wildman–Crippen MR) is 39.8 cm³/mol. The summed E-state index contributed by atoms with van der Waals surface area (Å²) in [6, 6.07) is 3.97. The maximum atomic E-state index is 12.7. The average Bonchev–Trinajstić information content (AvgIpc) is 2.07. The lowest BCUT2D eigenvalue weighted by Crippen LogP contribution is -1.90. The van der Waals surface area contributed by atoms with Crippen molar-refractivity contribution < 1.29 is 13.6 Å². The lowest BCUT2D eigenvalue weighted by molar-refractivity contribution is 0.215. The number of benzene rings is 1. The van der Waals surface area contributed by atoms with Crippen molar-refractivity contribution in [2.75, 3.05) is 7.11 Å². The van der Waals surface area contributed by atoms with Crippen molar-refractivity contribution in [2.45, 2.75) is 0 Å². The first kappa shape index (κ1) is 8.64. The van der Waals surface area contributed by atoms with Crippen molar-refractivity contribution >= 4 is 6.21 Å². The van der Waals surface area contributed by atoms with Crippen LogP contribution >= 0.6 is 0 Å². The molecular weight excluding hydrogens is 164 g/mol. The first-order valence-corrected chi connectivity index (χ1v) is 3.17. The van der Waals surface area contributed by atoms with Crippen LogP contribution in [0.4, 0.5) is 8.78 Å². The number of halogens is 2. The molecule has 0 atom stereocenters. The highest BCUT2D eigenvalue weighted by Gasteiger charge is 2.00. The molecule has 63 valence electrons. The van der Waals surface area contributed by atoms with Gasteiger partial charge < -0.3 is 4.84 Å². The van der Waals surface area contributed by atoms with E-state index in [0.29, 0.717) is 0 Å². The molecule has 2 nitrogen and oxygen atoms in total. The Hall–Kier alpha value is -1.45. The molecule has 0 aliphatic rings. The van der Waals surface area contributed by atoms with Crippen LogP contribution in [0.15, 0.2) is 17.3 Å². The predicted octanol–water partition coefficient (Wildman–Crippen LogP) is 1.75. The summed E-state index contributed by atoms with van der Waals surface area (Å²) >= 11 is 0. The zero-order valence-corrected chi connectivity index (χ0v) is 6.34. The van der Waals surface area contributed by atoms with E-state index in [4.69, 9.17) is 0 Å². The van der Waals surface area contributed by atoms with E-state index < -0.39 is 11.6 Å². The van der Waals surface area contributed by atoms with Gasteiger partial charge in [-0.3, -0.25) is 0 Å². The Bertz CT molecular complexity index is 299. The fourth-order valence-corrected chi connectivity index (χ4v) is 0.671. The zero-order chi connectivity index (χ0) is 8.97. The number of oxime groups is 1. The normalized spacial score (nSPS) is 10.6. The molecule has 1 aromatic carbocycles. The van der Waals surface area contributed by atoms with Gasteiger partial charge in [-0.25, -0.2) is 8.78 Å². The Morgan fingerprint density at radius 3 is 3.00 bits per heavy atom. The molecular formula is C8H6F2NO. The third-order valence-corrected chi connectivity index (χ3v) is 1.19. The molecule has 1 rings (SSSR count). The average molecular weight is 170 g/mol. The quantitative estimate of drug-likeness (QED) is 0.489. The standard InChI is InChI=1S/C8H6F2NO/c1-12-11-5-6-4-7(9)2-3-8(6)10/h3-5H,1H3. The Balaban J connectivity index is 2.97. The summed E-state index contributed by atoms with van der Waals surface area (Å²) in [5.74, 6) is -1.22. The maximum absolute atomic E-state index is 12.7. The van der Waals surface area contributed by atoms with Crippen LogP contribution in [0, 0.1) is 17.7 Å². The van der Waals surface area contributed by atoms with E-state index in [1.165, 1.54) is 7.11 Å². The van der Waals surface area contributed by atoms with Crippen molar-refractivity contribution in [3.05, 3.63) is 35.4 Å². The minimum atomic E-state index is -0.631. The monoisotopic (exact) mass is 170 g/mol. The third kappa shape index (κ3) is 2.02. The van der Waals surface area contributed by atoms with E-state index in [9.17, 15) is 8.78 Å². The van der Waals surface area contributed by atoms with E-state index in [0.717, 1.165) is 18.3 Å². The van der Waals surface area contributed by atoms with Gasteiger partial charge in [0.25, 0.3) is 0 Å². The summed E-state index contributed by atoms with van der Waals surface area (Å²) in [4.78, 5) is 4.31. The molecule has 0 N–H and O–H groups in total. The summed E-state index contributed by atoms with van der Waals surface area (Å²) in [6.07, 6.45) is 1.09. The summed E-state index contributed by atoms with van der Waals surface area (Å²) in [6.45, 7) is 0. The van der Waals surface area contributed by atoms with Crippen LogP contribution in [0.2, 0.25) is 0 Å². The van der Waals surface area contributed by atoms with Gasteiger partial charge >= 0.3 is 0 Å². The molecule has 0 unspecified atom stereocenters. The van der Waals surface area contributed by atoms with E-state index in [2.05, 4.69) is 16.1 Å². The maximum Gasteiger partial charge on any atom is 0.132 e. The van der Waals surface area contributed by atoms with Gasteiger partial charge in [-0.05, 0) is 12.1 Å². The molecule has 0 bridgehead atoms. The second-order valence-corrected chi connectivity index (χ2v) is 2.00. The van der Waals surface area contributed by atoms with Crippen LogP contribution in [0.5, 0.6) is 0 Å². The van der Waals surface area contributed by atoms with Gasteiger partial charge in [0.15, 0.2) is 0 Å². The molecule has 0 heterocycles. The first-order chi connectivity index (χ1) is 5.74. The first-order valence-electron chi connectivity index (χ1n) is 3.17. The Labute approximate surface area is 68.5 Å². The Morgan fingerprint density at radius 2 is 2.33 bits per heavy atom. The molecule has 0 saturated heterocycles. The van der Waals surface area contributed by atoms with Gasteiger partial charge in [-0.2, -0.15) is 0 Å². The number of hydrogen-bond acceptors (Lipinski definition) is 2. The molecule has 1 radical (unpaired) electrons. The van der Waals surface area contributed by atoms with Crippen molar-refractivity contribution in [3.63, 3.8) is 0 Å². The fraction of sp³-hybridized carbons (Fsp3) is 0.125.